The van der Waals surface area contributed by atoms with E-state index in [4.69, 9.17) is 5.73 Å². The highest BCUT2D eigenvalue weighted by Gasteiger charge is 2.19. The van der Waals surface area contributed by atoms with Crippen LogP contribution in [0.2, 0.25) is 0 Å². The molecular formula is C14H22N2O3S. The van der Waals surface area contributed by atoms with Crippen molar-refractivity contribution in [2.75, 3.05) is 12.8 Å². The summed E-state index contributed by atoms with van der Waals surface area (Å²) in [6, 6.07) is 6.07. The lowest BCUT2D eigenvalue weighted by molar-refractivity contribution is 0.0932. The lowest BCUT2D eigenvalue weighted by Gasteiger charge is -2.17. The molecule has 6 heteroatoms. The number of rotatable bonds is 7. The van der Waals surface area contributed by atoms with Crippen LogP contribution in [0.4, 0.5) is 0 Å². The van der Waals surface area contributed by atoms with E-state index < -0.39 is 15.7 Å². The maximum atomic E-state index is 12.2. The normalized spacial score (nSPS) is 12.9. The standard InChI is InChI=1S/C14H22N2O3S/c1-3-4-7-11(10-15)16-14(17)12-8-5-6-9-13(12)20(2,18)19/h5-6,8-9,11H,3-4,7,10,15H2,1-2H3,(H,16,17). The highest BCUT2D eigenvalue weighted by Crippen LogP contribution is 2.15. The largest absolute Gasteiger partial charge is 0.348 e. The molecule has 0 fully saturated rings. The van der Waals surface area contributed by atoms with Crippen LogP contribution in [-0.2, 0) is 9.84 Å². The Balaban J connectivity index is 2.93. The molecule has 0 aliphatic carbocycles. The second kappa shape index (κ2) is 7.40. The Kier molecular flexibility index (Phi) is 6.16. The van der Waals surface area contributed by atoms with E-state index in [1.54, 1.807) is 12.1 Å². The van der Waals surface area contributed by atoms with Gasteiger partial charge in [0.15, 0.2) is 9.84 Å². The maximum absolute atomic E-state index is 12.2. The van der Waals surface area contributed by atoms with Crippen molar-refractivity contribution in [2.45, 2.75) is 37.1 Å². The van der Waals surface area contributed by atoms with E-state index in [0.717, 1.165) is 25.5 Å². The number of unbranched alkanes of at least 4 members (excludes halogenated alkanes) is 1. The topological polar surface area (TPSA) is 89.3 Å². The van der Waals surface area contributed by atoms with Crippen LogP contribution in [-0.4, -0.2) is 33.2 Å². The van der Waals surface area contributed by atoms with Crippen molar-refractivity contribution in [3.8, 4) is 0 Å². The Morgan fingerprint density at radius 3 is 2.55 bits per heavy atom. The molecule has 3 N–H and O–H groups in total. The van der Waals surface area contributed by atoms with Crippen LogP contribution >= 0.6 is 0 Å². The third-order valence-electron chi connectivity index (χ3n) is 3.06. The molecule has 5 nitrogen and oxygen atoms in total. The molecule has 1 aromatic carbocycles. The Bertz CT molecular complexity index is 555. The van der Waals surface area contributed by atoms with Gasteiger partial charge in [0.2, 0.25) is 0 Å². The summed E-state index contributed by atoms with van der Waals surface area (Å²) in [5, 5.41) is 2.80. The van der Waals surface area contributed by atoms with Crippen molar-refractivity contribution in [3.05, 3.63) is 29.8 Å². The second-order valence-electron chi connectivity index (χ2n) is 4.82. The van der Waals surface area contributed by atoms with E-state index >= 15 is 0 Å². The summed E-state index contributed by atoms with van der Waals surface area (Å²) in [5.41, 5.74) is 5.80. The molecule has 0 heterocycles. The van der Waals surface area contributed by atoms with Crippen molar-refractivity contribution in [2.24, 2.45) is 5.73 Å². The van der Waals surface area contributed by atoms with Crippen molar-refractivity contribution in [1.29, 1.82) is 0 Å². The fourth-order valence-corrected chi connectivity index (χ4v) is 2.83. The molecule has 0 aliphatic heterocycles. The number of amides is 1. The van der Waals surface area contributed by atoms with Crippen molar-refractivity contribution in [1.82, 2.24) is 5.32 Å². The van der Waals surface area contributed by atoms with Gasteiger partial charge in [0.25, 0.3) is 5.91 Å². The molecule has 1 aromatic rings. The van der Waals surface area contributed by atoms with Gasteiger partial charge in [-0.2, -0.15) is 0 Å². The summed E-state index contributed by atoms with van der Waals surface area (Å²) in [6.07, 6.45) is 3.87. The molecule has 0 radical (unpaired) electrons. The zero-order valence-corrected chi connectivity index (χ0v) is 12.7. The molecule has 1 amide bonds. The highest BCUT2D eigenvalue weighted by molar-refractivity contribution is 7.90. The Hall–Kier alpha value is -1.40. The summed E-state index contributed by atoms with van der Waals surface area (Å²) in [5.74, 6) is -0.391. The lowest BCUT2D eigenvalue weighted by Crippen LogP contribution is -2.40. The molecule has 1 rings (SSSR count). The van der Waals surface area contributed by atoms with E-state index in [0.29, 0.717) is 6.54 Å². The molecular weight excluding hydrogens is 276 g/mol. The highest BCUT2D eigenvalue weighted by atomic mass is 32.2. The lowest BCUT2D eigenvalue weighted by atomic mass is 10.1. The number of carbonyl (C=O) groups is 1. The predicted octanol–water partition coefficient (Wildman–Crippen LogP) is 1.34. The van der Waals surface area contributed by atoms with Crippen LogP contribution in [0.5, 0.6) is 0 Å². The number of nitrogens with two attached hydrogens (primary N) is 1. The summed E-state index contributed by atoms with van der Waals surface area (Å²) in [7, 11) is -3.43. The van der Waals surface area contributed by atoms with Crippen molar-refractivity contribution < 1.29 is 13.2 Å². The first-order valence-corrected chi connectivity index (χ1v) is 8.59. The zero-order valence-electron chi connectivity index (χ0n) is 11.9. The van der Waals surface area contributed by atoms with Gasteiger partial charge < -0.3 is 11.1 Å². The zero-order chi connectivity index (χ0) is 15.2. The summed E-state index contributed by atoms with van der Waals surface area (Å²) < 4.78 is 23.4. The van der Waals surface area contributed by atoms with Crippen LogP contribution in [0.1, 0.15) is 36.5 Å². The van der Waals surface area contributed by atoms with Crippen molar-refractivity contribution >= 4 is 15.7 Å². The molecule has 0 bridgehead atoms. The van der Waals surface area contributed by atoms with Gasteiger partial charge in [-0.15, -0.1) is 0 Å². The van der Waals surface area contributed by atoms with Gasteiger partial charge in [-0.25, -0.2) is 8.42 Å². The average molecular weight is 298 g/mol. The molecule has 0 spiro atoms. The molecule has 1 unspecified atom stereocenters. The first-order valence-electron chi connectivity index (χ1n) is 6.70. The number of carbonyl (C=O) groups excluding carboxylic acids is 1. The number of hydrogen-bond acceptors (Lipinski definition) is 4. The van der Waals surface area contributed by atoms with Crippen molar-refractivity contribution in [3.63, 3.8) is 0 Å². The molecule has 0 aromatic heterocycles. The third kappa shape index (κ3) is 4.61. The minimum absolute atomic E-state index is 0.0452. The number of sulfone groups is 1. The Morgan fingerprint density at radius 2 is 2.00 bits per heavy atom. The number of hydrogen-bond donors (Lipinski definition) is 2. The molecule has 0 saturated heterocycles. The van der Waals surface area contributed by atoms with Gasteiger partial charge >= 0.3 is 0 Å². The SMILES string of the molecule is CCCCC(CN)NC(=O)c1ccccc1S(C)(=O)=O. The fourth-order valence-electron chi connectivity index (χ4n) is 1.94. The van der Waals surface area contributed by atoms with Gasteiger partial charge in [0, 0.05) is 18.8 Å². The van der Waals surface area contributed by atoms with E-state index in [9.17, 15) is 13.2 Å². The van der Waals surface area contributed by atoms with Gasteiger partial charge in [0.05, 0.1) is 10.5 Å². The van der Waals surface area contributed by atoms with Gasteiger partial charge in [-0.05, 0) is 18.6 Å². The van der Waals surface area contributed by atoms with E-state index in [-0.39, 0.29) is 16.5 Å². The average Bonchev–Trinajstić information content (AvgIpc) is 2.42. The molecule has 112 valence electrons. The van der Waals surface area contributed by atoms with Crippen LogP contribution in [0, 0.1) is 0 Å². The minimum Gasteiger partial charge on any atom is -0.348 e. The maximum Gasteiger partial charge on any atom is 0.252 e. The van der Waals surface area contributed by atoms with Gasteiger partial charge in [0.1, 0.15) is 0 Å². The van der Waals surface area contributed by atoms with Crippen LogP contribution in [0.15, 0.2) is 29.2 Å². The first-order chi connectivity index (χ1) is 9.40. The van der Waals surface area contributed by atoms with E-state index in [2.05, 4.69) is 12.2 Å². The van der Waals surface area contributed by atoms with Gasteiger partial charge in [-0.3, -0.25) is 4.79 Å². The molecule has 20 heavy (non-hydrogen) atoms. The fraction of sp³-hybridized carbons (Fsp3) is 0.500. The predicted molar refractivity (Wildman–Crippen MR) is 79.4 cm³/mol. The smallest absolute Gasteiger partial charge is 0.252 e. The third-order valence-corrected chi connectivity index (χ3v) is 4.21. The summed E-state index contributed by atoms with van der Waals surface area (Å²) in [6.45, 7) is 2.40. The molecule has 0 saturated carbocycles. The number of benzene rings is 1. The van der Waals surface area contributed by atoms with Gasteiger partial charge in [-0.1, -0.05) is 31.9 Å². The number of nitrogens with one attached hydrogen (secondary N) is 1. The Morgan fingerprint density at radius 1 is 1.35 bits per heavy atom. The molecule has 1 atom stereocenters. The Labute approximate surface area is 120 Å². The van der Waals surface area contributed by atoms with Crippen LogP contribution in [0.25, 0.3) is 0 Å². The van der Waals surface area contributed by atoms with E-state index in [1.165, 1.54) is 12.1 Å². The van der Waals surface area contributed by atoms with Crippen LogP contribution in [0.3, 0.4) is 0 Å². The van der Waals surface area contributed by atoms with Crippen LogP contribution < -0.4 is 11.1 Å². The van der Waals surface area contributed by atoms with E-state index in [1.807, 2.05) is 0 Å². The second-order valence-corrected chi connectivity index (χ2v) is 6.80. The molecule has 0 aliphatic rings. The quantitative estimate of drug-likeness (QED) is 0.795. The monoisotopic (exact) mass is 298 g/mol. The summed E-state index contributed by atoms with van der Waals surface area (Å²) >= 11 is 0. The first kappa shape index (κ1) is 16.7. The minimum atomic E-state index is -3.43. The summed E-state index contributed by atoms with van der Waals surface area (Å²) in [4.78, 5) is 12.3.